The molecular weight excluding hydrogens is 825 g/mol. The van der Waals surface area contributed by atoms with Crippen molar-refractivity contribution in [3.8, 4) is 62.0 Å². The van der Waals surface area contributed by atoms with Gasteiger partial charge < -0.3 is 23.7 Å². The van der Waals surface area contributed by atoms with E-state index in [0.717, 1.165) is 11.1 Å². The average molecular weight is 861 g/mol. The van der Waals surface area contributed by atoms with Gasteiger partial charge in [-0.05, 0) is 104 Å². The highest BCUT2D eigenvalue weighted by Gasteiger charge is 2.15. The third-order valence-electron chi connectivity index (χ3n) is 8.95. The minimum absolute atomic E-state index is 0.328. The molecule has 1 aliphatic rings. The van der Waals surface area contributed by atoms with Crippen LogP contribution in [0.15, 0.2) is 119 Å². The Labute approximate surface area is 356 Å². The summed E-state index contributed by atoms with van der Waals surface area (Å²) in [4.78, 5) is 10.2. The van der Waals surface area contributed by atoms with Gasteiger partial charge in [-0.15, -0.1) is 68.0 Å². The lowest BCUT2D eigenvalue weighted by molar-refractivity contribution is 0.0754. The van der Waals surface area contributed by atoms with Crippen molar-refractivity contribution in [2.45, 2.75) is 0 Å². The maximum absolute atomic E-state index is 6.32. The van der Waals surface area contributed by atoms with Crippen molar-refractivity contribution in [1.82, 2.24) is 0 Å². The molecule has 0 spiro atoms. The minimum atomic E-state index is 0.328. The van der Waals surface area contributed by atoms with Crippen LogP contribution in [0.2, 0.25) is 0 Å². The van der Waals surface area contributed by atoms with Gasteiger partial charge in [0.05, 0.1) is 23.0 Å². The number of benzene rings is 2. The summed E-state index contributed by atoms with van der Waals surface area (Å²) in [6.45, 7) is 2.28. The highest BCUT2D eigenvalue weighted by atomic mass is 32.1. The van der Waals surface area contributed by atoms with Crippen LogP contribution in [0.5, 0.6) is 23.0 Å². The zero-order valence-corrected chi connectivity index (χ0v) is 35.5. The molecule has 0 saturated carbocycles. The first kappa shape index (κ1) is 37.8. The Morgan fingerprint density at radius 1 is 0.368 bits per heavy atom. The molecule has 0 amide bonds. The molecular formula is C46H36O5S6. The van der Waals surface area contributed by atoms with Crippen LogP contribution in [0.3, 0.4) is 0 Å². The van der Waals surface area contributed by atoms with Crippen LogP contribution < -0.4 is 18.9 Å². The second-order valence-electron chi connectivity index (χ2n) is 12.8. The minimum Gasteiger partial charge on any atom is -0.487 e. The number of thiophene rings is 6. The lowest BCUT2D eigenvalue weighted by Gasteiger charge is -2.15. The summed E-state index contributed by atoms with van der Waals surface area (Å²) in [6.07, 6.45) is 8.67. The molecule has 0 radical (unpaired) electrons. The van der Waals surface area contributed by atoms with E-state index in [4.69, 9.17) is 23.7 Å². The first-order chi connectivity index (χ1) is 28.2. The Morgan fingerprint density at radius 3 is 1.19 bits per heavy atom. The van der Waals surface area contributed by atoms with E-state index >= 15 is 0 Å². The van der Waals surface area contributed by atoms with E-state index in [0.29, 0.717) is 62.6 Å². The SMILES string of the molecule is C(=C\c1cc(-c2cccs2)sc1-c1cccs1)/c1ccc2c(c1)OCCOCCOc1ccc(/C=C/c3cc(-c4cccs4)sc3-c3cccs3)cc1OCCO2. The van der Waals surface area contributed by atoms with Gasteiger partial charge >= 0.3 is 0 Å². The first-order valence-corrected chi connectivity index (χ1v) is 23.5. The van der Waals surface area contributed by atoms with Crippen LogP contribution in [0.1, 0.15) is 22.3 Å². The van der Waals surface area contributed by atoms with Crippen molar-refractivity contribution < 1.29 is 23.7 Å². The third-order valence-corrected chi connectivity index (χ3v) is 15.5. The summed E-state index contributed by atoms with van der Waals surface area (Å²) in [5.41, 5.74) is 4.43. The van der Waals surface area contributed by atoms with Crippen LogP contribution >= 0.6 is 68.0 Å². The summed E-state index contributed by atoms with van der Waals surface area (Å²) in [5, 5.41) is 8.52. The van der Waals surface area contributed by atoms with Crippen LogP contribution in [-0.2, 0) is 4.74 Å². The van der Waals surface area contributed by atoms with E-state index in [9.17, 15) is 0 Å². The fraction of sp³-hybridized carbons (Fsp3) is 0.130. The van der Waals surface area contributed by atoms with Gasteiger partial charge in [-0.1, -0.05) is 60.7 Å². The Bertz CT molecular complexity index is 2560. The molecule has 0 bridgehead atoms. The molecule has 286 valence electrons. The summed E-state index contributed by atoms with van der Waals surface area (Å²) in [5.74, 6) is 2.66. The predicted octanol–water partition coefficient (Wildman–Crippen LogP) is 14.3. The van der Waals surface area contributed by atoms with Crippen LogP contribution in [-0.4, -0.2) is 39.6 Å². The Balaban J connectivity index is 0.911. The predicted molar refractivity (Wildman–Crippen MR) is 245 cm³/mol. The molecule has 9 rings (SSSR count). The first-order valence-electron chi connectivity index (χ1n) is 18.4. The largest absolute Gasteiger partial charge is 0.487 e. The second kappa shape index (κ2) is 18.3. The van der Waals surface area contributed by atoms with Gasteiger partial charge in [0.25, 0.3) is 0 Å². The van der Waals surface area contributed by atoms with E-state index in [1.165, 1.54) is 50.1 Å². The van der Waals surface area contributed by atoms with E-state index in [2.05, 4.69) is 119 Å². The van der Waals surface area contributed by atoms with Crippen molar-refractivity contribution in [1.29, 1.82) is 0 Å². The third kappa shape index (κ3) is 9.21. The van der Waals surface area contributed by atoms with Crippen LogP contribution in [0.4, 0.5) is 0 Å². The quantitative estimate of drug-likeness (QED) is 0.152. The summed E-state index contributed by atoms with van der Waals surface area (Å²) < 4.78 is 30.8. The Kier molecular flexibility index (Phi) is 12.1. The molecule has 0 aliphatic carbocycles. The molecule has 0 fully saturated rings. The summed E-state index contributed by atoms with van der Waals surface area (Å²) in [7, 11) is 0. The zero-order chi connectivity index (χ0) is 38.2. The normalized spacial score (nSPS) is 13.9. The molecule has 11 heteroatoms. The van der Waals surface area contributed by atoms with E-state index in [-0.39, 0.29) is 0 Å². The maximum atomic E-state index is 6.32. The molecule has 6 aromatic heterocycles. The molecule has 5 nitrogen and oxygen atoms in total. The summed E-state index contributed by atoms with van der Waals surface area (Å²) in [6, 6.07) is 33.8. The molecule has 8 aromatic rings. The summed E-state index contributed by atoms with van der Waals surface area (Å²) >= 11 is 10.7. The number of hydrogen-bond donors (Lipinski definition) is 0. The van der Waals surface area contributed by atoms with Crippen LogP contribution in [0.25, 0.3) is 63.3 Å². The maximum Gasteiger partial charge on any atom is 0.161 e. The fourth-order valence-electron chi connectivity index (χ4n) is 6.26. The Hall–Kier alpha value is -4.72. The number of ether oxygens (including phenoxy) is 5. The molecule has 7 heterocycles. The van der Waals surface area contributed by atoms with Crippen molar-refractivity contribution in [2.75, 3.05) is 39.6 Å². The second-order valence-corrected chi connectivity index (χ2v) is 18.7. The van der Waals surface area contributed by atoms with Gasteiger partial charge in [0.15, 0.2) is 23.0 Å². The lowest BCUT2D eigenvalue weighted by atomic mass is 10.1. The molecule has 1 aliphatic heterocycles. The fourth-order valence-corrected chi connectivity index (χ4v) is 12.0. The van der Waals surface area contributed by atoms with Crippen molar-refractivity contribution in [3.63, 3.8) is 0 Å². The van der Waals surface area contributed by atoms with E-state index in [1.807, 2.05) is 46.9 Å². The average Bonchev–Trinajstić information content (AvgIpc) is 4.07. The zero-order valence-electron chi connectivity index (χ0n) is 30.6. The van der Waals surface area contributed by atoms with Gasteiger partial charge in [0.2, 0.25) is 0 Å². The number of rotatable bonds is 8. The van der Waals surface area contributed by atoms with Crippen molar-refractivity contribution in [2.24, 2.45) is 0 Å². The highest BCUT2D eigenvalue weighted by molar-refractivity contribution is 7.26. The molecule has 0 atom stereocenters. The van der Waals surface area contributed by atoms with Gasteiger partial charge in [0.1, 0.15) is 26.4 Å². The van der Waals surface area contributed by atoms with Gasteiger partial charge in [-0.2, -0.15) is 0 Å². The molecule has 0 N–H and O–H groups in total. The van der Waals surface area contributed by atoms with Crippen molar-refractivity contribution in [3.05, 3.63) is 141 Å². The topological polar surface area (TPSA) is 46.2 Å². The van der Waals surface area contributed by atoms with E-state index in [1.54, 1.807) is 45.3 Å². The lowest BCUT2D eigenvalue weighted by Crippen LogP contribution is -2.12. The van der Waals surface area contributed by atoms with Crippen LogP contribution in [0, 0.1) is 0 Å². The van der Waals surface area contributed by atoms with Gasteiger partial charge in [-0.3, -0.25) is 0 Å². The van der Waals surface area contributed by atoms with Gasteiger partial charge in [-0.25, -0.2) is 0 Å². The van der Waals surface area contributed by atoms with Crippen molar-refractivity contribution >= 4 is 92.3 Å². The van der Waals surface area contributed by atoms with E-state index < -0.39 is 0 Å². The molecule has 2 aromatic carbocycles. The number of fused-ring (bicyclic) bond motifs is 2. The Morgan fingerprint density at radius 2 is 0.772 bits per heavy atom. The molecule has 57 heavy (non-hydrogen) atoms. The smallest absolute Gasteiger partial charge is 0.161 e. The number of hydrogen-bond acceptors (Lipinski definition) is 11. The molecule has 0 saturated heterocycles. The monoisotopic (exact) mass is 860 g/mol. The van der Waals surface area contributed by atoms with Gasteiger partial charge in [0, 0.05) is 29.3 Å². The standard InChI is InChI=1S/C46H36O5S6/c1-5-39(52-23-1)43-29-33(45(56-43)41-7-3-25-54-41)13-9-31-12-16-36-37(27-31)50-20-18-47-17-19-48-35-15-11-32(28-38(35)51-22-21-49-36)10-14-34-30-44(40-6-2-24-53-40)57-46(34)42-8-4-26-55-42/h1-16,23-30H,17-22H2/b13-9+,14-10+. The highest BCUT2D eigenvalue weighted by Crippen LogP contribution is 2.44. The molecule has 0 unspecified atom stereocenters.